The first-order chi connectivity index (χ1) is 11.7. The number of benzene rings is 1. The smallest absolute Gasteiger partial charge is 0.320 e. The summed E-state index contributed by atoms with van der Waals surface area (Å²) in [6.45, 7) is 1.26. The highest BCUT2D eigenvalue weighted by atomic mass is 35.5. The second-order valence-electron chi connectivity index (χ2n) is 5.58. The van der Waals surface area contributed by atoms with E-state index in [-0.39, 0.29) is 6.03 Å². The molecule has 2 aromatic heterocycles. The van der Waals surface area contributed by atoms with Gasteiger partial charge in [0.2, 0.25) is 0 Å². The number of hydrogen-bond acceptors (Lipinski definition) is 3. The normalized spacial score (nSPS) is 14.7. The Morgan fingerprint density at radius 3 is 2.92 bits per heavy atom. The molecule has 0 saturated heterocycles. The van der Waals surface area contributed by atoms with Gasteiger partial charge in [0.25, 0.3) is 0 Å². The summed E-state index contributed by atoms with van der Waals surface area (Å²) in [6, 6.07) is 11.5. The Balaban J connectivity index is 1.45. The molecule has 0 radical (unpaired) electrons. The number of urea groups is 1. The molecule has 3 aromatic rings. The minimum Gasteiger partial charge on any atom is -0.320 e. The zero-order valence-corrected chi connectivity index (χ0v) is 14.3. The van der Waals surface area contributed by atoms with Crippen LogP contribution in [0.4, 0.5) is 10.6 Å². The molecule has 1 aliphatic rings. The molecular formula is C17H15ClN4OS. The van der Waals surface area contributed by atoms with E-state index >= 15 is 0 Å². The summed E-state index contributed by atoms with van der Waals surface area (Å²) in [6.07, 6.45) is 2.92. The molecule has 0 aliphatic carbocycles. The molecule has 0 spiro atoms. The van der Waals surface area contributed by atoms with E-state index in [2.05, 4.69) is 21.6 Å². The lowest BCUT2D eigenvalue weighted by molar-refractivity contribution is 0.217. The standard InChI is InChI=1S/C17H15ClN4OS/c18-15-6-5-14(24-15)11-7-9-22(10-8-11)17(23)19-16-12-3-1-2-4-13(12)20-21-16/h1-7H,8-10H2,(H2,19,20,21,23). The van der Waals surface area contributed by atoms with E-state index in [1.165, 1.54) is 10.5 Å². The van der Waals surface area contributed by atoms with Crippen molar-refractivity contribution in [2.24, 2.45) is 0 Å². The number of thiophene rings is 1. The molecule has 1 aromatic carbocycles. The molecule has 24 heavy (non-hydrogen) atoms. The highest BCUT2D eigenvalue weighted by Crippen LogP contribution is 2.31. The SMILES string of the molecule is O=C(Nc1n[nH]c2ccccc12)N1CC=C(c2ccc(Cl)s2)CC1. The molecule has 5 nitrogen and oxygen atoms in total. The molecule has 0 atom stereocenters. The number of H-pyrrole nitrogens is 1. The largest absolute Gasteiger partial charge is 0.323 e. The fraction of sp³-hybridized carbons (Fsp3) is 0.176. The Kier molecular flexibility index (Phi) is 4.00. The molecule has 4 rings (SSSR count). The van der Waals surface area contributed by atoms with E-state index in [1.54, 1.807) is 16.2 Å². The number of carbonyl (C=O) groups is 1. The van der Waals surface area contributed by atoms with E-state index in [0.29, 0.717) is 18.9 Å². The zero-order valence-electron chi connectivity index (χ0n) is 12.8. The van der Waals surface area contributed by atoms with Gasteiger partial charge in [0.05, 0.1) is 9.85 Å². The Bertz CT molecular complexity index is 929. The minimum atomic E-state index is -0.133. The zero-order chi connectivity index (χ0) is 16.5. The lowest BCUT2D eigenvalue weighted by Crippen LogP contribution is -2.37. The van der Waals surface area contributed by atoms with Gasteiger partial charge < -0.3 is 4.90 Å². The molecule has 7 heteroatoms. The van der Waals surface area contributed by atoms with E-state index < -0.39 is 0 Å². The summed E-state index contributed by atoms with van der Waals surface area (Å²) in [5.41, 5.74) is 2.16. The average Bonchev–Trinajstić information content (AvgIpc) is 3.22. The highest BCUT2D eigenvalue weighted by Gasteiger charge is 2.20. The van der Waals surface area contributed by atoms with Crippen LogP contribution in [-0.4, -0.2) is 34.2 Å². The van der Waals surface area contributed by atoms with Crippen LogP contribution >= 0.6 is 22.9 Å². The predicted molar refractivity (Wildman–Crippen MR) is 98.6 cm³/mol. The van der Waals surface area contributed by atoms with Crippen LogP contribution in [0.25, 0.3) is 16.5 Å². The van der Waals surface area contributed by atoms with Gasteiger partial charge in [-0.25, -0.2) is 4.79 Å². The fourth-order valence-electron chi connectivity index (χ4n) is 2.80. The van der Waals surface area contributed by atoms with Crippen molar-refractivity contribution in [1.29, 1.82) is 0 Å². The molecule has 2 amide bonds. The van der Waals surface area contributed by atoms with Crippen molar-refractivity contribution in [3.05, 3.63) is 51.7 Å². The summed E-state index contributed by atoms with van der Waals surface area (Å²) in [5, 5.41) is 10.9. The Morgan fingerprint density at radius 1 is 1.29 bits per heavy atom. The summed E-state index contributed by atoms with van der Waals surface area (Å²) in [4.78, 5) is 15.4. The number of fused-ring (bicyclic) bond motifs is 1. The number of aromatic nitrogens is 2. The maximum atomic E-state index is 12.5. The van der Waals surface area contributed by atoms with Crippen LogP contribution in [0.5, 0.6) is 0 Å². The third-order valence-electron chi connectivity index (χ3n) is 4.08. The molecule has 3 heterocycles. The maximum Gasteiger partial charge on any atom is 0.323 e. The van der Waals surface area contributed by atoms with Gasteiger partial charge in [0, 0.05) is 23.4 Å². The van der Waals surface area contributed by atoms with Crippen LogP contribution in [0, 0.1) is 0 Å². The third-order valence-corrected chi connectivity index (χ3v) is 5.39. The van der Waals surface area contributed by atoms with Crippen LogP contribution in [-0.2, 0) is 0 Å². The van der Waals surface area contributed by atoms with E-state index in [1.807, 2.05) is 36.4 Å². The van der Waals surface area contributed by atoms with Crippen molar-refractivity contribution in [3.63, 3.8) is 0 Å². The molecule has 122 valence electrons. The fourth-order valence-corrected chi connectivity index (χ4v) is 3.91. The lowest BCUT2D eigenvalue weighted by Gasteiger charge is -2.26. The van der Waals surface area contributed by atoms with Gasteiger partial charge in [-0.1, -0.05) is 29.8 Å². The van der Waals surface area contributed by atoms with Gasteiger partial charge in [-0.05, 0) is 36.3 Å². The third kappa shape index (κ3) is 2.90. The molecule has 0 bridgehead atoms. The topological polar surface area (TPSA) is 61.0 Å². The lowest BCUT2D eigenvalue weighted by atomic mass is 10.1. The average molecular weight is 359 g/mol. The number of carbonyl (C=O) groups excluding carboxylic acids is 1. The summed E-state index contributed by atoms with van der Waals surface area (Å²) >= 11 is 7.57. The quantitative estimate of drug-likeness (QED) is 0.703. The molecule has 0 saturated carbocycles. The molecule has 1 aliphatic heterocycles. The van der Waals surface area contributed by atoms with Crippen molar-refractivity contribution in [3.8, 4) is 0 Å². The highest BCUT2D eigenvalue weighted by molar-refractivity contribution is 7.17. The number of para-hydroxylation sites is 1. The maximum absolute atomic E-state index is 12.5. The summed E-state index contributed by atoms with van der Waals surface area (Å²) in [7, 11) is 0. The number of nitrogens with zero attached hydrogens (tertiary/aromatic N) is 2. The van der Waals surface area contributed by atoms with E-state index in [9.17, 15) is 4.79 Å². The number of amides is 2. The number of halogens is 1. The van der Waals surface area contributed by atoms with Crippen LogP contribution in [0.1, 0.15) is 11.3 Å². The van der Waals surface area contributed by atoms with Crippen LogP contribution < -0.4 is 5.32 Å². The van der Waals surface area contributed by atoms with Gasteiger partial charge in [-0.2, -0.15) is 5.10 Å². The minimum absolute atomic E-state index is 0.133. The molecular weight excluding hydrogens is 344 g/mol. The Morgan fingerprint density at radius 2 is 2.17 bits per heavy atom. The van der Waals surface area contributed by atoms with Gasteiger partial charge in [0.1, 0.15) is 0 Å². The predicted octanol–water partition coefficient (Wildman–Crippen LogP) is 4.60. The van der Waals surface area contributed by atoms with E-state index in [4.69, 9.17) is 11.6 Å². The van der Waals surface area contributed by atoms with Crippen LogP contribution in [0.3, 0.4) is 0 Å². The second-order valence-corrected chi connectivity index (χ2v) is 7.29. The van der Waals surface area contributed by atoms with Crippen molar-refractivity contribution < 1.29 is 4.79 Å². The van der Waals surface area contributed by atoms with Crippen molar-refractivity contribution >= 4 is 51.3 Å². The van der Waals surface area contributed by atoms with Gasteiger partial charge in [-0.3, -0.25) is 10.4 Å². The van der Waals surface area contributed by atoms with Crippen molar-refractivity contribution in [1.82, 2.24) is 15.1 Å². The number of nitrogens with one attached hydrogen (secondary N) is 2. The first-order valence-electron chi connectivity index (χ1n) is 7.64. The molecule has 0 fully saturated rings. The second kappa shape index (κ2) is 6.30. The molecule has 2 N–H and O–H groups in total. The number of rotatable bonds is 2. The van der Waals surface area contributed by atoms with Crippen molar-refractivity contribution in [2.45, 2.75) is 6.42 Å². The number of aromatic amines is 1. The monoisotopic (exact) mass is 358 g/mol. The first-order valence-corrected chi connectivity index (χ1v) is 8.84. The summed E-state index contributed by atoms with van der Waals surface area (Å²) < 4.78 is 0.788. The van der Waals surface area contributed by atoms with Crippen molar-refractivity contribution in [2.75, 3.05) is 18.4 Å². The number of hydrogen-bond donors (Lipinski definition) is 2. The Hall–Kier alpha value is -2.31. The molecule has 0 unspecified atom stereocenters. The van der Waals surface area contributed by atoms with E-state index in [0.717, 1.165) is 21.7 Å². The van der Waals surface area contributed by atoms with Gasteiger partial charge >= 0.3 is 6.03 Å². The Labute approximate surface area is 147 Å². The van der Waals surface area contributed by atoms with Gasteiger partial charge in [-0.15, -0.1) is 11.3 Å². The number of anilines is 1. The van der Waals surface area contributed by atoms with Gasteiger partial charge in [0.15, 0.2) is 5.82 Å². The van der Waals surface area contributed by atoms with Crippen LogP contribution in [0.2, 0.25) is 4.34 Å². The van der Waals surface area contributed by atoms with Crippen LogP contribution in [0.15, 0.2) is 42.5 Å². The summed E-state index contributed by atoms with van der Waals surface area (Å²) in [5.74, 6) is 0.565. The first kappa shape index (κ1) is 15.2.